The van der Waals surface area contributed by atoms with Crippen LogP contribution < -0.4 is 4.74 Å². The fraction of sp³-hybridized carbons (Fsp3) is 0.409. The zero-order valence-electron chi connectivity index (χ0n) is 15.6. The molecule has 27 heavy (non-hydrogen) atoms. The van der Waals surface area contributed by atoms with Gasteiger partial charge in [0.05, 0.1) is 29.2 Å². The number of nitrogens with zero attached hydrogens (tertiary/aromatic N) is 1. The zero-order chi connectivity index (χ0) is 18.6. The van der Waals surface area contributed by atoms with Crippen molar-refractivity contribution in [3.63, 3.8) is 0 Å². The topological polar surface area (TPSA) is 47.1 Å². The number of benzene rings is 2. The van der Waals surface area contributed by atoms with E-state index in [1.807, 2.05) is 18.2 Å². The van der Waals surface area contributed by atoms with Crippen molar-refractivity contribution in [2.75, 3.05) is 13.7 Å². The molecule has 0 spiro atoms. The molecule has 4 nitrogen and oxygen atoms in total. The Bertz CT molecular complexity index is 886. The summed E-state index contributed by atoms with van der Waals surface area (Å²) in [6.07, 6.45) is 4.72. The molecule has 0 radical (unpaired) electrons. The predicted octanol–water partition coefficient (Wildman–Crippen LogP) is 5.82. The van der Waals surface area contributed by atoms with Gasteiger partial charge in [0.15, 0.2) is 0 Å². The molecule has 1 heterocycles. The lowest BCUT2D eigenvalue weighted by Crippen LogP contribution is -2.18. The molecule has 0 bridgehead atoms. The second kappa shape index (κ2) is 8.44. The fourth-order valence-electron chi connectivity index (χ4n) is 3.90. The largest absolute Gasteiger partial charge is 0.495 e. The van der Waals surface area contributed by atoms with Gasteiger partial charge in [-0.2, -0.15) is 0 Å². The van der Waals surface area contributed by atoms with Crippen LogP contribution in [-0.4, -0.2) is 23.7 Å². The molecule has 1 aromatic heterocycles. The fourth-order valence-corrected chi connectivity index (χ4v) is 4.41. The normalized spacial score (nSPS) is 20.1. The molecule has 0 atom stereocenters. The average molecular weight is 429 g/mol. The standard InChI is InChI=1S/C22H25BrN2O2/c1-26-21-12-20-19(11-18(21)23)24-22(25-20)17-9-7-16(8-10-17)14-27-13-15-5-3-2-4-6-15/h2-6,11-12,16-17H,7-10,13-14H2,1H3,(H,24,25). The third-order valence-electron chi connectivity index (χ3n) is 5.47. The number of imidazole rings is 1. The molecule has 1 aliphatic rings. The first kappa shape index (κ1) is 18.5. The van der Waals surface area contributed by atoms with E-state index in [4.69, 9.17) is 14.5 Å². The first-order valence-corrected chi connectivity index (χ1v) is 10.4. The number of hydrogen-bond acceptors (Lipinski definition) is 3. The van der Waals surface area contributed by atoms with Gasteiger partial charge in [0.25, 0.3) is 0 Å². The number of rotatable bonds is 6. The highest BCUT2D eigenvalue weighted by molar-refractivity contribution is 9.10. The van der Waals surface area contributed by atoms with Gasteiger partial charge in [0.1, 0.15) is 11.6 Å². The van der Waals surface area contributed by atoms with Crippen molar-refractivity contribution in [1.29, 1.82) is 0 Å². The maximum absolute atomic E-state index is 5.94. The van der Waals surface area contributed by atoms with E-state index in [2.05, 4.69) is 45.2 Å². The zero-order valence-corrected chi connectivity index (χ0v) is 17.2. The van der Waals surface area contributed by atoms with Crippen molar-refractivity contribution in [1.82, 2.24) is 9.97 Å². The van der Waals surface area contributed by atoms with Crippen LogP contribution in [0.25, 0.3) is 11.0 Å². The molecule has 0 unspecified atom stereocenters. The number of halogens is 1. The van der Waals surface area contributed by atoms with Gasteiger partial charge >= 0.3 is 0 Å². The number of aromatic nitrogens is 2. The average Bonchev–Trinajstić information content (AvgIpc) is 3.11. The van der Waals surface area contributed by atoms with Crippen molar-refractivity contribution in [2.24, 2.45) is 5.92 Å². The number of ether oxygens (including phenoxy) is 2. The molecule has 2 aromatic carbocycles. The van der Waals surface area contributed by atoms with Crippen LogP contribution in [0.3, 0.4) is 0 Å². The maximum atomic E-state index is 5.94. The van der Waals surface area contributed by atoms with E-state index in [0.717, 1.165) is 46.5 Å². The molecule has 0 amide bonds. The van der Waals surface area contributed by atoms with Gasteiger partial charge < -0.3 is 14.5 Å². The third-order valence-corrected chi connectivity index (χ3v) is 6.09. The predicted molar refractivity (Wildman–Crippen MR) is 111 cm³/mol. The Morgan fingerprint density at radius 2 is 1.89 bits per heavy atom. The molecule has 1 saturated carbocycles. The van der Waals surface area contributed by atoms with Gasteiger partial charge in [-0.05, 0) is 59.2 Å². The van der Waals surface area contributed by atoms with Crippen LogP contribution in [0.2, 0.25) is 0 Å². The minimum Gasteiger partial charge on any atom is -0.495 e. The van der Waals surface area contributed by atoms with Gasteiger partial charge in [-0.15, -0.1) is 0 Å². The minimum atomic E-state index is 0.507. The van der Waals surface area contributed by atoms with Gasteiger partial charge in [0, 0.05) is 18.6 Å². The van der Waals surface area contributed by atoms with Gasteiger partial charge in [-0.25, -0.2) is 4.98 Å². The van der Waals surface area contributed by atoms with E-state index < -0.39 is 0 Å². The third kappa shape index (κ3) is 4.36. The number of methoxy groups -OCH3 is 1. The Balaban J connectivity index is 1.31. The summed E-state index contributed by atoms with van der Waals surface area (Å²) in [5.74, 6) is 3.09. The van der Waals surface area contributed by atoms with E-state index >= 15 is 0 Å². The summed E-state index contributed by atoms with van der Waals surface area (Å²) in [7, 11) is 1.68. The molecule has 1 fully saturated rings. The van der Waals surface area contributed by atoms with Crippen LogP contribution in [0.4, 0.5) is 0 Å². The smallest absolute Gasteiger partial charge is 0.135 e. The Morgan fingerprint density at radius 1 is 1.11 bits per heavy atom. The summed E-state index contributed by atoms with van der Waals surface area (Å²) < 4.78 is 12.3. The van der Waals surface area contributed by atoms with Gasteiger partial charge in [-0.3, -0.25) is 0 Å². The van der Waals surface area contributed by atoms with Crippen molar-refractivity contribution in [2.45, 2.75) is 38.2 Å². The van der Waals surface area contributed by atoms with Crippen LogP contribution in [0.5, 0.6) is 5.75 Å². The maximum Gasteiger partial charge on any atom is 0.135 e. The van der Waals surface area contributed by atoms with Crippen LogP contribution >= 0.6 is 15.9 Å². The molecular formula is C22H25BrN2O2. The minimum absolute atomic E-state index is 0.507. The number of fused-ring (bicyclic) bond motifs is 1. The van der Waals surface area contributed by atoms with Crippen LogP contribution in [0, 0.1) is 5.92 Å². The van der Waals surface area contributed by atoms with Gasteiger partial charge in [0.2, 0.25) is 0 Å². The Hall–Kier alpha value is -1.85. The van der Waals surface area contributed by atoms with E-state index in [9.17, 15) is 0 Å². The lowest BCUT2D eigenvalue weighted by Gasteiger charge is -2.27. The Kier molecular flexibility index (Phi) is 5.79. The molecule has 1 N–H and O–H groups in total. The summed E-state index contributed by atoms with van der Waals surface area (Å²) in [6.45, 7) is 1.56. The lowest BCUT2D eigenvalue weighted by molar-refractivity contribution is 0.0712. The summed E-state index contributed by atoms with van der Waals surface area (Å²) in [4.78, 5) is 8.33. The van der Waals surface area contributed by atoms with E-state index in [-0.39, 0.29) is 0 Å². The van der Waals surface area contributed by atoms with Crippen molar-refractivity contribution >= 4 is 27.0 Å². The monoisotopic (exact) mass is 428 g/mol. The molecule has 142 valence electrons. The quantitative estimate of drug-likeness (QED) is 0.537. The van der Waals surface area contributed by atoms with Crippen molar-refractivity contribution in [3.8, 4) is 5.75 Å². The van der Waals surface area contributed by atoms with Gasteiger partial charge in [-0.1, -0.05) is 30.3 Å². The Labute approximate surface area is 168 Å². The highest BCUT2D eigenvalue weighted by Gasteiger charge is 2.25. The number of H-pyrrole nitrogens is 1. The molecule has 4 rings (SSSR count). The second-order valence-corrected chi connectivity index (χ2v) is 8.20. The summed E-state index contributed by atoms with van der Waals surface area (Å²) in [5, 5.41) is 0. The van der Waals surface area contributed by atoms with E-state index in [1.54, 1.807) is 7.11 Å². The molecule has 3 aromatic rings. The van der Waals surface area contributed by atoms with E-state index in [1.165, 1.54) is 18.4 Å². The van der Waals surface area contributed by atoms with Crippen LogP contribution in [0.1, 0.15) is 43.0 Å². The number of aromatic amines is 1. The van der Waals surface area contributed by atoms with Crippen molar-refractivity contribution < 1.29 is 9.47 Å². The highest BCUT2D eigenvalue weighted by Crippen LogP contribution is 2.36. The summed E-state index contributed by atoms with van der Waals surface area (Å²) >= 11 is 3.54. The Morgan fingerprint density at radius 3 is 2.63 bits per heavy atom. The summed E-state index contributed by atoms with van der Waals surface area (Å²) in [5.41, 5.74) is 3.28. The van der Waals surface area contributed by atoms with Crippen LogP contribution in [0.15, 0.2) is 46.9 Å². The number of nitrogens with one attached hydrogen (secondary N) is 1. The lowest BCUT2D eigenvalue weighted by atomic mass is 9.82. The highest BCUT2D eigenvalue weighted by atomic mass is 79.9. The second-order valence-electron chi connectivity index (χ2n) is 7.34. The SMILES string of the molecule is COc1cc2nc(C3CCC(COCc4ccccc4)CC3)[nH]c2cc1Br. The molecule has 0 saturated heterocycles. The molecule has 5 heteroatoms. The van der Waals surface area contributed by atoms with Crippen molar-refractivity contribution in [3.05, 3.63) is 58.3 Å². The van der Waals surface area contributed by atoms with E-state index in [0.29, 0.717) is 18.4 Å². The van der Waals surface area contributed by atoms with Crippen LogP contribution in [-0.2, 0) is 11.3 Å². The first-order valence-electron chi connectivity index (χ1n) is 9.57. The molecular weight excluding hydrogens is 404 g/mol. The first-order chi connectivity index (χ1) is 13.2. The molecule has 1 aliphatic carbocycles. The molecule has 0 aliphatic heterocycles. The number of hydrogen-bond donors (Lipinski definition) is 1. The summed E-state index contributed by atoms with van der Waals surface area (Å²) in [6, 6.07) is 14.4.